The van der Waals surface area contributed by atoms with Gasteiger partial charge in [-0.3, -0.25) is 15.1 Å². The summed E-state index contributed by atoms with van der Waals surface area (Å²) in [7, 11) is 1.40. The SMILES string of the molecule is CON1CCN(NC(=O)c2cn(Cc3cccs3)nn2)C1=O. The minimum absolute atomic E-state index is 0.153. The average Bonchev–Trinajstić information content (AvgIpc) is 3.23. The van der Waals surface area contributed by atoms with Gasteiger partial charge in [-0.25, -0.2) is 19.5 Å². The third-order valence-corrected chi connectivity index (χ3v) is 3.96. The fraction of sp³-hybridized carbons (Fsp3) is 0.333. The molecule has 0 aromatic carbocycles. The molecular formula is C12H14N6O3S. The van der Waals surface area contributed by atoms with Crippen molar-refractivity contribution < 1.29 is 14.4 Å². The van der Waals surface area contributed by atoms with Crippen LogP contribution in [0.15, 0.2) is 23.7 Å². The Labute approximate surface area is 130 Å². The van der Waals surface area contributed by atoms with E-state index >= 15 is 0 Å². The number of hydroxylamine groups is 2. The first-order chi connectivity index (χ1) is 10.7. The van der Waals surface area contributed by atoms with Crippen LogP contribution in [0.1, 0.15) is 15.4 Å². The molecule has 1 N–H and O–H groups in total. The van der Waals surface area contributed by atoms with Crippen LogP contribution in [0.2, 0.25) is 0 Å². The highest BCUT2D eigenvalue weighted by Crippen LogP contribution is 2.10. The van der Waals surface area contributed by atoms with E-state index in [1.807, 2.05) is 17.5 Å². The van der Waals surface area contributed by atoms with Gasteiger partial charge in [0.05, 0.1) is 32.9 Å². The molecule has 1 aliphatic rings. The Balaban J connectivity index is 1.61. The van der Waals surface area contributed by atoms with Gasteiger partial charge in [0.15, 0.2) is 5.69 Å². The van der Waals surface area contributed by atoms with Crippen molar-refractivity contribution in [3.05, 3.63) is 34.3 Å². The Bertz CT molecular complexity index is 670. The maximum absolute atomic E-state index is 12.1. The van der Waals surface area contributed by atoms with E-state index < -0.39 is 11.9 Å². The second-order valence-corrected chi connectivity index (χ2v) is 5.57. The van der Waals surface area contributed by atoms with Crippen LogP contribution in [0.25, 0.3) is 0 Å². The lowest BCUT2D eigenvalue weighted by atomic mass is 10.4. The molecule has 1 aliphatic heterocycles. The van der Waals surface area contributed by atoms with E-state index in [1.165, 1.54) is 12.1 Å². The number of nitrogens with zero attached hydrogens (tertiary/aromatic N) is 5. The van der Waals surface area contributed by atoms with Crippen LogP contribution in [-0.4, -0.2) is 57.2 Å². The van der Waals surface area contributed by atoms with Crippen molar-refractivity contribution in [3.8, 4) is 0 Å². The van der Waals surface area contributed by atoms with Gasteiger partial charge < -0.3 is 0 Å². The van der Waals surface area contributed by atoms with Crippen molar-refractivity contribution in [3.63, 3.8) is 0 Å². The Morgan fingerprint density at radius 1 is 1.50 bits per heavy atom. The van der Waals surface area contributed by atoms with Crippen molar-refractivity contribution >= 4 is 23.3 Å². The molecule has 0 bridgehead atoms. The molecule has 116 valence electrons. The molecule has 2 aromatic rings. The minimum Gasteiger partial charge on any atom is -0.273 e. The van der Waals surface area contributed by atoms with Crippen molar-refractivity contribution in [1.82, 2.24) is 30.5 Å². The first-order valence-corrected chi connectivity index (χ1v) is 7.42. The van der Waals surface area contributed by atoms with E-state index in [-0.39, 0.29) is 5.69 Å². The minimum atomic E-state index is -0.483. The molecule has 0 saturated carbocycles. The average molecular weight is 322 g/mol. The molecule has 0 atom stereocenters. The molecule has 10 heteroatoms. The first kappa shape index (κ1) is 14.5. The second-order valence-electron chi connectivity index (χ2n) is 4.54. The van der Waals surface area contributed by atoms with Crippen LogP contribution >= 0.6 is 11.3 Å². The number of hydrogen-bond donors (Lipinski definition) is 1. The van der Waals surface area contributed by atoms with Crippen LogP contribution < -0.4 is 5.43 Å². The van der Waals surface area contributed by atoms with E-state index in [9.17, 15) is 9.59 Å². The van der Waals surface area contributed by atoms with Gasteiger partial charge in [-0.15, -0.1) is 16.4 Å². The van der Waals surface area contributed by atoms with Crippen LogP contribution in [0.5, 0.6) is 0 Å². The Morgan fingerprint density at radius 3 is 3.05 bits per heavy atom. The molecule has 1 fully saturated rings. The number of nitrogens with one attached hydrogen (secondary N) is 1. The van der Waals surface area contributed by atoms with Crippen LogP contribution in [0.4, 0.5) is 4.79 Å². The quantitative estimate of drug-likeness (QED) is 0.856. The number of hydrazine groups is 1. The van der Waals surface area contributed by atoms with Crippen LogP contribution in [0, 0.1) is 0 Å². The summed E-state index contributed by atoms with van der Waals surface area (Å²) in [5, 5.41) is 12.1. The monoisotopic (exact) mass is 322 g/mol. The van der Waals surface area contributed by atoms with Gasteiger partial charge in [0.1, 0.15) is 0 Å². The van der Waals surface area contributed by atoms with Crippen molar-refractivity contribution in [2.24, 2.45) is 0 Å². The molecule has 22 heavy (non-hydrogen) atoms. The Kier molecular flexibility index (Phi) is 4.02. The normalized spacial score (nSPS) is 14.7. The Hall–Kier alpha value is -2.46. The molecule has 0 aliphatic carbocycles. The summed E-state index contributed by atoms with van der Waals surface area (Å²) in [4.78, 5) is 29.8. The molecule has 3 amide bonds. The highest BCUT2D eigenvalue weighted by atomic mass is 32.1. The number of aromatic nitrogens is 3. The van der Waals surface area contributed by atoms with Gasteiger partial charge in [0.25, 0.3) is 5.91 Å². The first-order valence-electron chi connectivity index (χ1n) is 6.54. The number of thiophene rings is 1. The molecule has 1 saturated heterocycles. The molecule has 0 radical (unpaired) electrons. The summed E-state index contributed by atoms with van der Waals surface area (Å²) >= 11 is 1.60. The largest absolute Gasteiger partial charge is 0.362 e. The number of carbonyl (C=O) groups is 2. The highest BCUT2D eigenvalue weighted by Gasteiger charge is 2.30. The smallest absolute Gasteiger partial charge is 0.273 e. The number of carbonyl (C=O) groups excluding carboxylic acids is 2. The zero-order chi connectivity index (χ0) is 15.5. The van der Waals surface area contributed by atoms with Crippen LogP contribution in [0.3, 0.4) is 0 Å². The molecule has 0 unspecified atom stereocenters. The van der Waals surface area contributed by atoms with Crippen molar-refractivity contribution in [2.45, 2.75) is 6.54 Å². The zero-order valence-electron chi connectivity index (χ0n) is 11.8. The summed E-state index contributed by atoms with van der Waals surface area (Å²) in [5.74, 6) is -0.483. The molecule has 9 nitrogen and oxygen atoms in total. The predicted octanol–water partition coefficient (Wildman–Crippen LogP) is 0.332. The van der Waals surface area contributed by atoms with E-state index in [4.69, 9.17) is 4.84 Å². The molecule has 2 aromatic heterocycles. The van der Waals surface area contributed by atoms with Crippen LogP contribution in [-0.2, 0) is 11.4 Å². The lowest BCUT2D eigenvalue weighted by Crippen LogP contribution is -2.44. The van der Waals surface area contributed by atoms with E-state index in [2.05, 4.69) is 15.7 Å². The maximum atomic E-state index is 12.1. The van der Waals surface area contributed by atoms with Crippen molar-refractivity contribution in [1.29, 1.82) is 0 Å². The highest BCUT2D eigenvalue weighted by molar-refractivity contribution is 7.09. The van der Waals surface area contributed by atoms with E-state index in [0.717, 1.165) is 9.94 Å². The van der Waals surface area contributed by atoms with Gasteiger partial charge in [-0.2, -0.15) is 0 Å². The van der Waals surface area contributed by atoms with E-state index in [1.54, 1.807) is 22.2 Å². The second kappa shape index (κ2) is 6.12. The molecule has 0 spiro atoms. The fourth-order valence-corrected chi connectivity index (χ4v) is 2.71. The van der Waals surface area contributed by atoms with Gasteiger partial charge in [-0.05, 0) is 11.4 Å². The fourth-order valence-electron chi connectivity index (χ4n) is 2.01. The van der Waals surface area contributed by atoms with E-state index in [0.29, 0.717) is 19.6 Å². The third-order valence-electron chi connectivity index (χ3n) is 3.10. The summed E-state index contributed by atoms with van der Waals surface area (Å²) in [5.41, 5.74) is 2.64. The molecule has 3 rings (SSSR count). The summed E-state index contributed by atoms with van der Waals surface area (Å²) in [6.45, 7) is 1.29. The lowest BCUT2D eigenvalue weighted by molar-refractivity contribution is -0.0729. The number of hydrogen-bond acceptors (Lipinski definition) is 6. The third kappa shape index (κ3) is 2.92. The topological polar surface area (TPSA) is 92.6 Å². The zero-order valence-corrected chi connectivity index (χ0v) is 12.6. The Morgan fingerprint density at radius 2 is 2.36 bits per heavy atom. The number of urea groups is 1. The van der Waals surface area contributed by atoms with Gasteiger partial charge in [0.2, 0.25) is 0 Å². The summed E-state index contributed by atoms with van der Waals surface area (Å²) in [6, 6.07) is 3.51. The van der Waals surface area contributed by atoms with Gasteiger partial charge in [-0.1, -0.05) is 11.3 Å². The van der Waals surface area contributed by atoms with Gasteiger partial charge in [0, 0.05) is 4.88 Å². The molecular weight excluding hydrogens is 308 g/mol. The number of amides is 3. The lowest BCUT2D eigenvalue weighted by Gasteiger charge is -2.16. The maximum Gasteiger partial charge on any atom is 0.362 e. The summed E-state index contributed by atoms with van der Waals surface area (Å²) in [6.07, 6.45) is 1.55. The van der Waals surface area contributed by atoms with Crippen molar-refractivity contribution in [2.75, 3.05) is 20.2 Å². The summed E-state index contributed by atoms with van der Waals surface area (Å²) < 4.78 is 1.58. The standard InChI is InChI=1S/C12H14N6O3S/c1-21-18-5-4-17(12(18)20)14-11(19)10-8-16(15-13-10)7-9-3-2-6-22-9/h2-3,6,8H,4-5,7H2,1H3,(H,14,19). The molecule has 3 heterocycles. The predicted molar refractivity (Wildman–Crippen MR) is 76.7 cm³/mol. The number of rotatable bonds is 5. The van der Waals surface area contributed by atoms with Gasteiger partial charge >= 0.3 is 6.03 Å².